The molecule has 1 saturated heterocycles. The highest BCUT2D eigenvalue weighted by Gasteiger charge is 2.17. The average Bonchev–Trinajstić information content (AvgIpc) is 2.79. The van der Waals surface area contributed by atoms with Crippen molar-refractivity contribution in [1.82, 2.24) is 20.4 Å². The average molecular weight is 264 g/mol. The van der Waals surface area contributed by atoms with Gasteiger partial charge in [-0.05, 0) is 43.8 Å². The van der Waals surface area contributed by atoms with E-state index in [-0.39, 0.29) is 5.91 Å². The highest BCUT2D eigenvalue weighted by molar-refractivity contribution is 5.92. The van der Waals surface area contributed by atoms with Crippen molar-refractivity contribution in [3.05, 3.63) is 17.5 Å². The van der Waals surface area contributed by atoms with Gasteiger partial charge in [0.1, 0.15) is 5.69 Å². The number of nitrogens with zero attached hydrogens (tertiary/aromatic N) is 2. The van der Waals surface area contributed by atoms with E-state index in [0.717, 1.165) is 25.3 Å². The van der Waals surface area contributed by atoms with Crippen LogP contribution in [0.25, 0.3) is 0 Å². The maximum atomic E-state index is 12.1. The van der Waals surface area contributed by atoms with E-state index in [2.05, 4.69) is 29.6 Å². The normalized spacial score (nSPS) is 19.7. The Morgan fingerprint density at radius 3 is 3.00 bits per heavy atom. The van der Waals surface area contributed by atoms with Crippen LogP contribution in [0.15, 0.2) is 6.07 Å². The van der Waals surface area contributed by atoms with Gasteiger partial charge in [0.05, 0.1) is 0 Å². The van der Waals surface area contributed by atoms with Crippen molar-refractivity contribution in [1.29, 1.82) is 0 Å². The SMILES string of the molecule is CC(C)c1cc(C(=O)NCC2CCCNC2)nn1C. The predicted octanol–water partition coefficient (Wildman–Crippen LogP) is 1.27. The second-order valence-electron chi connectivity index (χ2n) is 5.66. The summed E-state index contributed by atoms with van der Waals surface area (Å²) < 4.78 is 1.79. The molecule has 1 fully saturated rings. The molecule has 2 rings (SSSR count). The largest absolute Gasteiger partial charge is 0.350 e. The molecule has 0 aromatic carbocycles. The number of amides is 1. The summed E-state index contributed by atoms with van der Waals surface area (Å²) in [5.74, 6) is 0.862. The first-order valence-corrected chi connectivity index (χ1v) is 7.10. The van der Waals surface area contributed by atoms with Crippen molar-refractivity contribution >= 4 is 5.91 Å². The topological polar surface area (TPSA) is 59.0 Å². The molecule has 1 aliphatic heterocycles. The van der Waals surface area contributed by atoms with Gasteiger partial charge in [0.15, 0.2) is 0 Å². The summed E-state index contributed by atoms with van der Waals surface area (Å²) >= 11 is 0. The highest BCUT2D eigenvalue weighted by atomic mass is 16.1. The molecule has 1 aliphatic rings. The standard InChI is InChI=1S/C14H24N4O/c1-10(2)13-7-12(17-18(13)3)14(19)16-9-11-5-4-6-15-8-11/h7,10-11,15H,4-6,8-9H2,1-3H3,(H,16,19). The van der Waals surface area contributed by atoms with Gasteiger partial charge in [-0.15, -0.1) is 0 Å². The third-order valence-corrected chi connectivity index (χ3v) is 3.69. The molecule has 19 heavy (non-hydrogen) atoms. The third-order valence-electron chi connectivity index (χ3n) is 3.69. The van der Waals surface area contributed by atoms with Crippen molar-refractivity contribution in [2.45, 2.75) is 32.6 Å². The van der Waals surface area contributed by atoms with E-state index in [0.29, 0.717) is 17.5 Å². The van der Waals surface area contributed by atoms with Gasteiger partial charge in [-0.25, -0.2) is 0 Å². The van der Waals surface area contributed by atoms with E-state index in [1.54, 1.807) is 4.68 Å². The molecule has 1 amide bonds. The summed E-state index contributed by atoms with van der Waals surface area (Å²) in [5, 5.41) is 10.6. The first-order valence-electron chi connectivity index (χ1n) is 7.10. The summed E-state index contributed by atoms with van der Waals surface area (Å²) in [6.45, 7) is 7.04. The zero-order valence-electron chi connectivity index (χ0n) is 12.1. The lowest BCUT2D eigenvalue weighted by atomic mass is 10.00. The Morgan fingerprint density at radius 2 is 2.42 bits per heavy atom. The van der Waals surface area contributed by atoms with E-state index in [1.165, 1.54) is 12.8 Å². The van der Waals surface area contributed by atoms with Crippen LogP contribution in [-0.2, 0) is 7.05 Å². The van der Waals surface area contributed by atoms with Crippen molar-refractivity contribution in [2.75, 3.05) is 19.6 Å². The zero-order chi connectivity index (χ0) is 13.8. The Hall–Kier alpha value is -1.36. The number of piperidine rings is 1. The van der Waals surface area contributed by atoms with Gasteiger partial charge in [-0.3, -0.25) is 9.48 Å². The Kier molecular flexibility index (Phi) is 4.58. The van der Waals surface area contributed by atoms with Crippen molar-refractivity contribution in [3.63, 3.8) is 0 Å². The summed E-state index contributed by atoms with van der Waals surface area (Å²) in [5.41, 5.74) is 1.61. The van der Waals surface area contributed by atoms with Crippen molar-refractivity contribution in [2.24, 2.45) is 13.0 Å². The molecule has 1 atom stereocenters. The van der Waals surface area contributed by atoms with Gasteiger partial charge in [0.2, 0.25) is 0 Å². The molecule has 0 spiro atoms. The van der Waals surface area contributed by atoms with E-state index in [4.69, 9.17) is 0 Å². The van der Waals surface area contributed by atoms with E-state index < -0.39 is 0 Å². The number of carbonyl (C=O) groups is 1. The first kappa shape index (κ1) is 14.1. The van der Waals surface area contributed by atoms with Crippen LogP contribution in [0, 0.1) is 5.92 Å². The molecular weight excluding hydrogens is 240 g/mol. The minimum atomic E-state index is -0.0620. The summed E-state index contributed by atoms with van der Waals surface area (Å²) in [7, 11) is 1.89. The minimum Gasteiger partial charge on any atom is -0.350 e. The lowest BCUT2D eigenvalue weighted by Gasteiger charge is -2.22. The number of hydrogen-bond acceptors (Lipinski definition) is 3. The molecule has 2 N–H and O–H groups in total. The Morgan fingerprint density at radius 1 is 1.63 bits per heavy atom. The number of rotatable bonds is 4. The Labute approximate surface area is 114 Å². The van der Waals surface area contributed by atoms with Crippen molar-refractivity contribution in [3.8, 4) is 0 Å². The van der Waals surface area contributed by atoms with E-state index in [9.17, 15) is 4.79 Å². The van der Waals surface area contributed by atoms with Gasteiger partial charge < -0.3 is 10.6 Å². The van der Waals surface area contributed by atoms with Crippen LogP contribution in [0.2, 0.25) is 0 Å². The predicted molar refractivity (Wildman–Crippen MR) is 75.2 cm³/mol. The number of aromatic nitrogens is 2. The second kappa shape index (κ2) is 6.19. The highest BCUT2D eigenvalue weighted by Crippen LogP contribution is 2.15. The third kappa shape index (κ3) is 3.56. The summed E-state index contributed by atoms with van der Waals surface area (Å²) in [6, 6.07) is 1.89. The van der Waals surface area contributed by atoms with E-state index in [1.807, 2.05) is 13.1 Å². The molecule has 0 saturated carbocycles. The monoisotopic (exact) mass is 264 g/mol. The fraction of sp³-hybridized carbons (Fsp3) is 0.714. The van der Waals surface area contributed by atoms with Crippen molar-refractivity contribution < 1.29 is 4.79 Å². The zero-order valence-corrected chi connectivity index (χ0v) is 12.1. The van der Waals surface area contributed by atoms with Gasteiger partial charge >= 0.3 is 0 Å². The molecular formula is C14H24N4O. The molecule has 5 nitrogen and oxygen atoms in total. The van der Waals surface area contributed by atoms with Crippen LogP contribution in [0.5, 0.6) is 0 Å². The fourth-order valence-corrected chi connectivity index (χ4v) is 2.56. The molecule has 1 aromatic heterocycles. The number of hydrogen-bond donors (Lipinski definition) is 2. The van der Waals surface area contributed by atoms with Gasteiger partial charge in [-0.1, -0.05) is 13.8 Å². The Bertz CT molecular complexity index is 433. The maximum absolute atomic E-state index is 12.1. The summed E-state index contributed by atoms with van der Waals surface area (Å²) in [6.07, 6.45) is 2.38. The molecule has 0 aliphatic carbocycles. The molecule has 1 aromatic rings. The quantitative estimate of drug-likeness (QED) is 0.861. The van der Waals surface area contributed by atoms with E-state index >= 15 is 0 Å². The number of aryl methyl sites for hydroxylation is 1. The maximum Gasteiger partial charge on any atom is 0.271 e. The number of nitrogens with one attached hydrogen (secondary N) is 2. The van der Waals surface area contributed by atoms with Crippen LogP contribution in [0.1, 0.15) is 48.8 Å². The van der Waals surface area contributed by atoms with Crippen LogP contribution < -0.4 is 10.6 Å². The lowest BCUT2D eigenvalue weighted by Crippen LogP contribution is -2.38. The fourth-order valence-electron chi connectivity index (χ4n) is 2.56. The minimum absolute atomic E-state index is 0.0620. The molecule has 106 valence electrons. The summed E-state index contributed by atoms with van der Waals surface area (Å²) in [4.78, 5) is 12.1. The molecule has 0 radical (unpaired) electrons. The van der Waals surface area contributed by atoms with Crippen LogP contribution >= 0.6 is 0 Å². The van der Waals surface area contributed by atoms with Crippen LogP contribution in [-0.4, -0.2) is 35.3 Å². The number of carbonyl (C=O) groups excluding carboxylic acids is 1. The molecule has 2 heterocycles. The van der Waals surface area contributed by atoms with Gasteiger partial charge in [-0.2, -0.15) is 5.10 Å². The lowest BCUT2D eigenvalue weighted by molar-refractivity contribution is 0.0939. The van der Waals surface area contributed by atoms with Crippen LogP contribution in [0.4, 0.5) is 0 Å². The smallest absolute Gasteiger partial charge is 0.271 e. The van der Waals surface area contributed by atoms with Gasteiger partial charge in [0.25, 0.3) is 5.91 Å². The van der Waals surface area contributed by atoms with Crippen LogP contribution in [0.3, 0.4) is 0 Å². The molecule has 1 unspecified atom stereocenters. The molecule has 5 heteroatoms. The second-order valence-corrected chi connectivity index (χ2v) is 5.66. The first-order chi connectivity index (χ1) is 9.08. The molecule has 0 bridgehead atoms. The van der Waals surface area contributed by atoms with Gasteiger partial charge in [0, 0.05) is 19.3 Å². The Balaban J connectivity index is 1.90.